The number of hydrogen-bond donors (Lipinski definition) is 0. The van der Waals surface area contributed by atoms with Crippen LogP contribution in [-0.4, -0.2) is 58.9 Å². The summed E-state index contributed by atoms with van der Waals surface area (Å²) in [7, 11) is 4.42. The first kappa shape index (κ1) is 28.2. The molecule has 0 heterocycles. The van der Waals surface area contributed by atoms with Crippen LogP contribution in [0.2, 0.25) is 0 Å². The molecule has 1 unspecified atom stereocenters. The number of carbonyl (C=O) groups is 1. The Bertz CT molecular complexity index is 860. The molecule has 1 radical (unpaired) electrons. The van der Waals surface area contributed by atoms with Gasteiger partial charge in [-0.1, -0.05) is 27.7 Å². The minimum absolute atomic E-state index is 0. The monoisotopic (exact) mass is 455 g/mol. The van der Waals surface area contributed by atoms with Crippen LogP contribution in [-0.2, 0) is 0 Å². The molecular weight excluding hydrogens is 422 g/mol. The van der Waals surface area contributed by atoms with E-state index in [2.05, 4.69) is 27.7 Å². The molecule has 0 aliphatic carbocycles. The van der Waals surface area contributed by atoms with Crippen LogP contribution in [0, 0.1) is 11.8 Å². The van der Waals surface area contributed by atoms with Crippen molar-refractivity contribution >= 4 is 38.3 Å². The molecule has 0 aromatic heterocycles. The average molecular weight is 455 g/mol. The van der Waals surface area contributed by atoms with Crippen molar-refractivity contribution in [1.82, 2.24) is 0 Å². The first-order valence-corrected chi connectivity index (χ1v) is 11.3. The third-order valence-electron chi connectivity index (χ3n) is 4.30. The molecule has 1 atom stereocenters. The predicted molar refractivity (Wildman–Crippen MR) is 131 cm³/mol. The van der Waals surface area contributed by atoms with Crippen LogP contribution in [0.25, 0.3) is 0 Å². The molecule has 0 N–H and O–H groups in total. The molecule has 0 bridgehead atoms. The zero-order valence-electron chi connectivity index (χ0n) is 20.4. The number of carbonyl (C=O) groups excluding carboxylic acids is 1. The molecule has 2 aromatic rings. The minimum Gasteiger partial charge on any atom is -0.496 e. The summed E-state index contributed by atoms with van der Waals surface area (Å²) in [4.78, 5) is 13.3. The van der Waals surface area contributed by atoms with Gasteiger partial charge in [0.1, 0.15) is 34.3 Å². The van der Waals surface area contributed by atoms with E-state index >= 15 is 0 Å². The zero-order chi connectivity index (χ0) is 23.0. The largest absolute Gasteiger partial charge is 0.496 e. The van der Waals surface area contributed by atoms with Crippen molar-refractivity contribution in [2.45, 2.75) is 27.7 Å². The number of methoxy groups -OCH3 is 3. The number of ether oxygens (including phenoxy) is 5. The molecule has 8 heteroatoms. The minimum atomic E-state index is -0.172. The van der Waals surface area contributed by atoms with E-state index in [9.17, 15) is 4.79 Å². The van der Waals surface area contributed by atoms with Crippen LogP contribution in [0.15, 0.2) is 30.3 Å². The molecule has 0 amide bonds. The molecule has 0 spiro atoms. The maximum absolute atomic E-state index is 13.3. The van der Waals surface area contributed by atoms with Crippen molar-refractivity contribution in [3.05, 3.63) is 35.9 Å². The molecule has 171 valence electrons. The Morgan fingerprint density at radius 1 is 0.781 bits per heavy atom. The summed E-state index contributed by atoms with van der Waals surface area (Å²) in [6.07, 6.45) is 0. The Labute approximate surface area is 205 Å². The van der Waals surface area contributed by atoms with E-state index in [0.717, 1.165) is 11.1 Å². The molecular formula is C24H33LiO6P. The van der Waals surface area contributed by atoms with Crippen molar-refractivity contribution < 1.29 is 28.5 Å². The van der Waals surface area contributed by atoms with Crippen molar-refractivity contribution in [3.8, 4) is 28.7 Å². The summed E-state index contributed by atoms with van der Waals surface area (Å²) in [6, 6.07) is 8.99. The Morgan fingerprint density at radius 3 is 1.81 bits per heavy atom. The molecule has 0 saturated carbocycles. The third-order valence-corrected chi connectivity index (χ3v) is 5.46. The topological polar surface area (TPSA) is 63.2 Å². The maximum atomic E-state index is 13.3. The fourth-order valence-electron chi connectivity index (χ4n) is 2.75. The summed E-state index contributed by atoms with van der Waals surface area (Å²) < 4.78 is 28.0. The van der Waals surface area contributed by atoms with Crippen LogP contribution in [0.1, 0.15) is 38.1 Å². The zero-order valence-corrected chi connectivity index (χ0v) is 21.4. The van der Waals surface area contributed by atoms with Gasteiger partial charge in [-0.15, -0.1) is 0 Å². The smallest absolute Gasteiger partial charge is 0.193 e. The van der Waals surface area contributed by atoms with Crippen LogP contribution in [0.5, 0.6) is 28.7 Å². The maximum Gasteiger partial charge on any atom is 0.193 e. The molecule has 0 saturated heterocycles. The fraction of sp³-hybridized carbons (Fsp3) is 0.458. The van der Waals surface area contributed by atoms with Crippen molar-refractivity contribution in [1.29, 1.82) is 0 Å². The summed E-state index contributed by atoms with van der Waals surface area (Å²) in [6.45, 7) is 9.53. The Kier molecular flexibility index (Phi) is 12.0. The Hall–Kier alpha value is -1.86. The van der Waals surface area contributed by atoms with E-state index in [-0.39, 0.29) is 33.0 Å². The van der Waals surface area contributed by atoms with Gasteiger partial charge in [0, 0.05) is 42.4 Å². The third kappa shape index (κ3) is 7.92. The van der Waals surface area contributed by atoms with Gasteiger partial charge in [-0.2, -0.15) is 0 Å². The second kappa shape index (κ2) is 13.6. The van der Waals surface area contributed by atoms with Gasteiger partial charge in [-0.3, -0.25) is 4.79 Å². The van der Waals surface area contributed by atoms with E-state index in [1.54, 1.807) is 19.2 Å². The SMILES string of the molecule is COc1cc(OC)c(C(=O)Pc2ccc(OCC(C)C)cc2OCC(C)C)c(OC)c1.[Li]. The van der Waals surface area contributed by atoms with Crippen LogP contribution in [0.3, 0.4) is 0 Å². The normalized spacial score (nSPS) is 10.9. The van der Waals surface area contributed by atoms with Gasteiger partial charge in [-0.25, -0.2) is 0 Å². The number of rotatable bonds is 12. The van der Waals surface area contributed by atoms with Crippen LogP contribution < -0.4 is 29.0 Å². The Morgan fingerprint density at radius 2 is 1.31 bits per heavy atom. The van der Waals surface area contributed by atoms with Crippen LogP contribution >= 0.6 is 8.58 Å². The molecule has 0 fully saturated rings. The Balaban J connectivity index is 0.00000512. The molecule has 6 nitrogen and oxygen atoms in total. The van der Waals surface area contributed by atoms with Gasteiger partial charge >= 0.3 is 0 Å². The quantitative estimate of drug-likeness (QED) is 0.346. The molecule has 2 rings (SSSR count). The van der Waals surface area contributed by atoms with Gasteiger partial charge in [0.25, 0.3) is 0 Å². The van der Waals surface area contributed by atoms with E-state index in [1.807, 2.05) is 18.2 Å². The van der Waals surface area contributed by atoms with E-state index in [0.29, 0.717) is 53.6 Å². The van der Waals surface area contributed by atoms with Gasteiger partial charge in [0.05, 0.1) is 34.5 Å². The van der Waals surface area contributed by atoms with E-state index < -0.39 is 0 Å². The molecule has 0 aliphatic rings. The standard InChI is InChI=1S/C24H33O6P.Li/c1-15(2)13-29-17-8-9-22(19(10-17)30-14-16(3)4)31-24(25)23-20(27-6)11-18(26-5)12-21(23)28-7;/h8-12,15-16,31H,13-14H2,1-7H3;. The molecule has 32 heavy (non-hydrogen) atoms. The number of benzene rings is 2. The van der Waals surface area contributed by atoms with Crippen molar-refractivity contribution in [3.63, 3.8) is 0 Å². The number of hydrogen-bond acceptors (Lipinski definition) is 6. The second-order valence-corrected chi connectivity index (χ2v) is 9.17. The summed E-state index contributed by atoms with van der Waals surface area (Å²) >= 11 is 0. The first-order valence-electron chi connectivity index (χ1n) is 10.3. The van der Waals surface area contributed by atoms with Gasteiger partial charge in [0.15, 0.2) is 5.52 Å². The van der Waals surface area contributed by atoms with Crippen LogP contribution in [0.4, 0.5) is 0 Å². The summed E-state index contributed by atoms with van der Waals surface area (Å²) in [5, 5.41) is 0.808. The first-order chi connectivity index (χ1) is 14.8. The van der Waals surface area contributed by atoms with Gasteiger partial charge in [0.2, 0.25) is 0 Å². The summed E-state index contributed by atoms with van der Waals surface area (Å²) in [5.74, 6) is 3.54. The van der Waals surface area contributed by atoms with Crippen molar-refractivity contribution in [2.75, 3.05) is 34.5 Å². The molecule has 0 aliphatic heterocycles. The summed E-state index contributed by atoms with van der Waals surface area (Å²) in [5.41, 5.74) is 0.278. The second-order valence-electron chi connectivity index (χ2n) is 7.93. The van der Waals surface area contributed by atoms with Gasteiger partial charge < -0.3 is 23.7 Å². The fourth-order valence-corrected chi connectivity index (χ4v) is 3.80. The van der Waals surface area contributed by atoms with Crippen molar-refractivity contribution in [2.24, 2.45) is 11.8 Å². The van der Waals surface area contributed by atoms with E-state index in [1.165, 1.54) is 14.2 Å². The average Bonchev–Trinajstić information content (AvgIpc) is 2.75. The van der Waals surface area contributed by atoms with E-state index in [4.69, 9.17) is 23.7 Å². The van der Waals surface area contributed by atoms with Gasteiger partial charge in [-0.05, 0) is 32.5 Å². The predicted octanol–water partition coefficient (Wildman–Crippen LogP) is 4.55. The molecule has 2 aromatic carbocycles.